The number of halogens is 1. The molecule has 1 atom stereocenters. The molecule has 1 saturated heterocycles. The third-order valence-corrected chi connectivity index (χ3v) is 4.60. The number of carbonyl (C=O) groups excluding carboxylic acids is 1. The van der Waals surface area contributed by atoms with E-state index >= 15 is 0 Å². The number of ketones is 1. The third kappa shape index (κ3) is 3.91. The molecule has 0 aromatic carbocycles. The number of carbonyl (C=O) groups is 1. The fourth-order valence-corrected chi connectivity index (χ4v) is 3.15. The van der Waals surface area contributed by atoms with Crippen molar-refractivity contribution in [3.63, 3.8) is 0 Å². The fourth-order valence-electron chi connectivity index (χ4n) is 2.95. The number of anilines is 1. The Labute approximate surface area is 146 Å². The fraction of sp³-hybridized carbons (Fsp3) is 0.389. The molecule has 0 radical (unpaired) electrons. The molecule has 0 saturated carbocycles. The first-order chi connectivity index (χ1) is 11.7. The van der Waals surface area contributed by atoms with Crippen molar-refractivity contribution in [1.82, 2.24) is 15.3 Å². The number of piperidine rings is 1. The number of nitrogens with one attached hydrogen (secondary N) is 2. The Kier molecular flexibility index (Phi) is 5.43. The highest BCUT2D eigenvalue weighted by Gasteiger charge is 2.21. The van der Waals surface area contributed by atoms with Gasteiger partial charge in [0, 0.05) is 43.4 Å². The zero-order valence-electron chi connectivity index (χ0n) is 13.7. The molecule has 0 amide bonds. The maximum absolute atomic E-state index is 12.5. The van der Waals surface area contributed by atoms with Gasteiger partial charge in [0.2, 0.25) is 0 Å². The smallest absolute Gasteiger partial charge is 0.143 e. The molecule has 2 aromatic heterocycles. The van der Waals surface area contributed by atoms with Gasteiger partial charge < -0.3 is 10.6 Å². The van der Waals surface area contributed by atoms with Gasteiger partial charge in [-0.15, -0.1) is 0 Å². The second-order valence-electron chi connectivity index (χ2n) is 6.00. The third-order valence-electron chi connectivity index (χ3n) is 4.30. The van der Waals surface area contributed by atoms with E-state index in [4.69, 9.17) is 11.6 Å². The van der Waals surface area contributed by atoms with Crippen molar-refractivity contribution < 1.29 is 4.79 Å². The monoisotopic (exact) mass is 344 g/mol. The number of hydrogen-bond acceptors (Lipinski definition) is 5. The molecule has 0 bridgehead atoms. The number of pyridine rings is 2. The van der Waals surface area contributed by atoms with Crippen LogP contribution in [0.4, 0.5) is 5.82 Å². The average Bonchev–Trinajstić information content (AvgIpc) is 2.64. The number of aromatic nitrogens is 2. The predicted octanol–water partition coefficient (Wildman–Crippen LogP) is 2.95. The number of rotatable bonds is 5. The molecule has 3 rings (SSSR count). The zero-order chi connectivity index (χ0) is 16.9. The van der Waals surface area contributed by atoms with Gasteiger partial charge >= 0.3 is 0 Å². The molecule has 1 fully saturated rings. The molecule has 126 valence electrons. The van der Waals surface area contributed by atoms with E-state index in [9.17, 15) is 4.79 Å². The summed E-state index contributed by atoms with van der Waals surface area (Å²) in [6, 6.07) is 7.58. The van der Waals surface area contributed by atoms with Crippen molar-refractivity contribution in [2.24, 2.45) is 5.92 Å². The lowest BCUT2D eigenvalue weighted by atomic mass is 9.92. The van der Waals surface area contributed by atoms with Crippen LogP contribution in [0.1, 0.15) is 18.5 Å². The highest BCUT2D eigenvalue weighted by molar-refractivity contribution is 6.33. The maximum atomic E-state index is 12.5. The quantitative estimate of drug-likeness (QED) is 0.873. The minimum Gasteiger partial charge on any atom is -0.373 e. The van der Waals surface area contributed by atoms with E-state index in [1.165, 1.54) is 0 Å². The zero-order valence-corrected chi connectivity index (χ0v) is 14.4. The van der Waals surface area contributed by atoms with Crippen molar-refractivity contribution in [3.8, 4) is 11.3 Å². The summed E-state index contributed by atoms with van der Waals surface area (Å²) < 4.78 is 0. The second kappa shape index (κ2) is 7.73. The van der Waals surface area contributed by atoms with Gasteiger partial charge in [-0.3, -0.25) is 9.78 Å². The molecule has 24 heavy (non-hydrogen) atoms. The van der Waals surface area contributed by atoms with Crippen molar-refractivity contribution in [2.75, 3.05) is 25.5 Å². The van der Waals surface area contributed by atoms with Crippen LogP contribution in [0, 0.1) is 5.92 Å². The van der Waals surface area contributed by atoms with Gasteiger partial charge in [-0.2, -0.15) is 0 Å². The van der Waals surface area contributed by atoms with Crippen LogP contribution in [0.15, 0.2) is 30.5 Å². The van der Waals surface area contributed by atoms with Gasteiger partial charge in [0.25, 0.3) is 0 Å². The van der Waals surface area contributed by atoms with E-state index in [1.807, 2.05) is 31.3 Å². The summed E-state index contributed by atoms with van der Waals surface area (Å²) in [4.78, 5) is 21.3. The molecule has 1 aliphatic heterocycles. The molecule has 0 aliphatic carbocycles. The Balaban J connectivity index is 1.81. The molecule has 0 unspecified atom stereocenters. The Bertz CT molecular complexity index is 729. The van der Waals surface area contributed by atoms with Crippen LogP contribution >= 0.6 is 11.6 Å². The van der Waals surface area contributed by atoms with E-state index in [0.717, 1.165) is 48.7 Å². The highest BCUT2D eigenvalue weighted by Crippen LogP contribution is 2.27. The Morgan fingerprint density at radius 2 is 2.33 bits per heavy atom. The standard InChI is InChI=1S/C18H21ClN4O/c1-20-18-6-2-5-16(23-18)14-8-13(22-11-15(14)19)9-17(24)12-4-3-7-21-10-12/h2,5-6,8,11-12,21H,3-4,7,9-10H2,1H3,(H,20,23)/t12-/m1/s1. The van der Waals surface area contributed by atoms with E-state index in [1.54, 1.807) is 6.20 Å². The van der Waals surface area contributed by atoms with Crippen LogP contribution in [0.2, 0.25) is 5.02 Å². The Hall–Kier alpha value is -1.98. The van der Waals surface area contributed by atoms with E-state index in [0.29, 0.717) is 11.4 Å². The summed E-state index contributed by atoms with van der Waals surface area (Å²) in [6.45, 7) is 1.77. The van der Waals surface area contributed by atoms with Crippen LogP contribution in [0.5, 0.6) is 0 Å². The van der Waals surface area contributed by atoms with Crippen LogP contribution < -0.4 is 10.6 Å². The summed E-state index contributed by atoms with van der Waals surface area (Å²) in [7, 11) is 1.82. The van der Waals surface area contributed by atoms with Gasteiger partial charge in [0.05, 0.1) is 10.7 Å². The molecule has 0 spiro atoms. The molecule has 2 aromatic rings. The first kappa shape index (κ1) is 16.9. The lowest BCUT2D eigenvalue weighted by molar-refractivity contribution is -0.122. The van der Waals surface area contributed by atoms with Crippen molar-refractivity contribution in [1.29, 1.82) is 0 Å². The lowest BCUT2D eigenvalue weighted by Crippen LogP contribution is -2.35. The molecule has 2 N–H and O–H groups in total. The molecule has 5 nitrogen and oxygen atoms in total. The van der Waals surface area contributed by atoms with Crippen LogP contribution in [0.25, 0.3) is 11.3 Å². The summed E-state index contributed by atoms with van der Waals surface area (Å²) in [5.74, 6) is 1.09. The normalized spacial score (nSPS) is 17.5. The van der Waals surface area contributed by atoms with Crippen molar-refractivity contribution in [2.45, 2.75) is 19.3 Å². The summed E-state index contributed by atoms with van der Waals surface area (Å²) in [6.07, 6.45) is 3.95. The van der Waals surface area contributed by atoms with Gasteiger partial charge in [0.1, 0.15) is 11.6 Å². The molecular weight excluding hydrogens is 324 g/mol. The minimum absolute atomic E-state index is 0.0884. The van der Waals surface area contributed by atoms with Crippen LogP contribution in [-0.4, -0.2) is 35.9 Å². The Morgan fingerprint density at radius 1 is 1.46 bits per heavy atom. The highest BCUT2D eigenvalue weighted by atomic mass is 35.5. The lowest BCUT2D eigenvalue weighted by Gasteiger charge is -2.21. The SMILES string of the molecule is CNc1cccc(-c2cc(CC(=O)[C@@H]3CCCNC3)ncc2Cl)n1. The molecule has 6 heteroatoms. The average molecular weight is 345 g/mol. The summed E-state index contributed by atoms with van der Waals surface area (Å²) in [5.41, 5.74) is 2.30. The Morgan fingerprint density at radius 3 is 3.08 bits per heavy atom. The van der Waals surface area contributed by atoms with Gasteiger partial charge in [-0.05, 0) is 37.6 Å². The molecular formula is C18H21ClN4O. The predicted molar refractivity (Wildman–Crippen MR) is 96.3 cm³/mol. The maximum Gasteiger partial charge on any atom is 0.143 e. The van der Waals surface area contributed by atoms with Crippen molar-refractivity contribution in [3.05, 3.63) is 41.2 Å². The first-order valence-electron chi connectivity index (χ1n) is 8.20. The van der Waals surface area contributed by atoms with Crippen molar-refractivity contribution >= 4 is 23.2 Å². The van der Waals surface area contributed by atoms with E-state index in [2.05, 4.69) is 20.6 Å². The first-order valence-corrected chi connectivity index (χ1v) is 8.58. The van der Waals surface area contributed by atoms with Gasteiger partial charge in [-0.1, -0.05) is 17.7 Å². The molecule has 3 heterocycles. The summed E-state index contributed by atoms with van der Waals surface area (Å²) in [5, 5.41) is 6.83. The minimum atomic E-state index is 0.0884. The van der Waals surface area contributed by atoms with Crippen LogP contribution in [-0.2, 0) is 11.2 Å². The largest absolute Gasteiger partial charge is 0.373 e. The van der Waals surface area contributed by atoms with Gasteiger partial charge in [0.15, 0.2) is 0 Å². The van der Waals surface area contributed by atoms with Gasteiger partial charge in [-0.25, -0.2) is 4.98 Å². The van der Waals surface area contributed by atoms with Crippen LogP contribution in [0.3, 0.4) is 0 Å². The van der Waals surface area contributed by atoms with E-state index in [-0.39, 0.29) is 11.7 Å². The molecule has 1 aliphatic rings. The number of Topliss-reactive ketones (excluding diaryl/α,β-unsaturated/α-hetero) is 1. The topological polar surface area (TPSA) is 66.9 Å². The number of nitrogens with zero attached hydrogens (tertiary/aromatic N) is 2. The summed E-state index contributed by atoms with van der Waals surface area (Å²) >= 11 is 6.29. The van der Waals surface area contributed by atoms with E-state index < -0.39 is 0 Å². The number of hydrogen-bond donors (Lipinski definition) is 2. The second-order valence-corrected chi connectivity index (χ2v) is 6.41.